The van der Waals surface area contributed by atoms with E-state index in [-0.39, 0.29) is 18.3 Å². The van der Waals surface area contributed by atoms with Gasteiger partial charge in [0.2, 0.25) is 5.91 Å². The van der Waals surface area contributed by atoms with Crippen LogP contribution < -0.4 is 5.73 Å². The third kappa shape index (κ3) is 4.76. The van der Waals surface area contributed by atoms with Crippen LogP contribution >= 0.6 is 23.7 Å². The van der Waals surface area contributed by atoms with Crippen molar-refractivity contribution in [1.82, 2.24) is 9.88 Å². The first-order chi connectivity index (χ1) is 9.16. The maximum Gasteiger partial charge on any atom is 0.260 e. The molecule has 1 aliphatic rings. The Kier molecular flexibility index (Phi) is 6.95. The van der Waals surface area contributed by atoms with Gasteiger partial charge in [-0.3, -0.25) is 9.59 Å². The molecule has 1 aromatic heterocycles. The molecule has 5 nitrogen and oxygen atoms in total. The van der Waals surface area contributed by atoms with Crippen molar-refractivity contribution >= 4 is 35.6 Å². The molecule has 2 heterocycles. The van der Waals surface area contributed by atoms with E-state index in [4.69, 9.17) is 5.73 Å². The molecule has 0 bridgehead atoms. The zero-order chi connectivity index (χ0) is 13.7. The van der Waals surface area contributed by atoms with Crippen molar-refractivity contribution in [2.24, 2.45) is 5.73 Å². The highest BCUT2D eigenvalue weighted by molar-refractivity contribution is 7.13. The highest BCUT2D eigenvalue weighted by Gasteiger charge is 2.16. The Morgan fingerprint density at radius 2 is 2.00 bits per heavy atom. The molecule has 2 N–H and O–H groups in total. The van der Waals surface area contributed by atoms with Gasteiger partial charge in [-0.15, -0.1) is 23.7 Å². The van der Waals surface area contributed by atoms with Gasteiger partial charge < -0.3 is 10.6 Å². The predicted octanol–water partition coefficient (Wildman–Crippen LogP) is 2.00. The van der Waals surface area contributed by atoms with Gasteiger partial charge in [0, 0.05) is 19.5 Å². The molecule has 20 heavy (non-hydrogen) atoms. The van der Waals surface area contributed by atoms with Crippen LogP contribution in [-0.2, 0) is 11.2 Å². The summed E-state index contributed by atoms with van der Waals surface area (Å²) in [5, 5.41) is 0.875. The predicted molar refractivity (Wildman–Crippen MR) is 81.2 cm³/mol. The second kappa shape index (κ2) is 8.21. The number of hydrogen-bond acceptors (Lipinski definition) is 4. The van der Waals surface area contributed by atoms with Crippen LogP contribution in [0.2, 0.25) is 0 Å². The first-order valence-electron chi connectivity index (χ1n) is 6.69. The maximum absolute atomic E-state index is 11.9. The lowest BCUT2D eigenvalue weighted by molar-refractivity contribution is -0.132. The summed E-state index contributed by atoms with van der Waals surface area (Å²) in [6.07, 6.45) is 7.07. The van der Waals surface area contributed by atoms with Crippen LogP contribution in [0.3, 0.4) is 0 Å². The number of rotatable bonds is 5. The molecule has 2 rings (SSSR count). The number of hydrogen-bond donors (Lipinski definition) is 1. The van der Waals surface area contributed by atoms with Crippen molar-refractivity contribution in [2.45, 2.75) is 38.5 Å². The molecule has 0 radical (unpaired) electrons. The summed E-state index contributed by atoms with van der Waals surface area (Å²) in [7, 11) is 0. The molecular weight excluding hydrogens is 298 g/mol. The van der Waals surface area contributed by atoms with Gasteiger partial charge in [-0.05, 0) is 32.1 Å². The number of likely N-dealkylation sites (tertiary alicyclic amines) is 1. The monoisotopic (exact) mass is 317 g/mol. The largest absolute Gasteiger partial charge is 0.365 e. The van der Waals surface area contributed by atoms with Gasteiger partial charge in [-0.25, -0.2) is 4.98 Å². The van der Waals surface area contributed by atoms with Crippen molar-refractivity contribution in [2.75, 3.05) is 13.1 Å². The van der Waals surface area contributed by atoms with E-state index in [1.807, 2.05) is 4.90 Å². The highest BCUT2D eigenvalue weighted by Crippen LogP contribution is 2.16. The van der Waals surface area contributed by atoms with E-state index in [9.17, 15) is 9.59 Å². The fourth-order valence-electron chi connectivity index (χ4n) is 2.23. The number of aryl methyl sites for hydroxylation is 1. The number of halogens is 1. The average Bonchev–Trinajstić information content (AvgIpc) is 2.89. The van der Waals surface area contributed by atoms with E-state index in [0.717, 1.165) is 43.8 Å². The van der Waals surface area contributed by atoms with Crippen LogP contribution in [0.4, 0.5) is 0 Å². The summed E-state index contributed by atoms with van der Waals surface area (Å²) in [5.74, 6) is -0.195. The lowest BCUT2D eigenvalue weighted by Crippen LogP contribution is -2.35. The SMILES string of the molecule is Cl.NC(=O)c1cnc(CCCC(=O)N2CCCCC2)s1. The Labute approximate surface area is 129 Å². The topological polar surface area (TPSA) is 76.3 Å². The van der Waals surface area contributed by atoms with Gasteiger partial charge in [0.05, 0.1) is 11.2 Å². The molecule has 1 aromatic rings. The van der Waals surface area contributed by atoms with E-state index in [1.165, 1.54) is 24.0 Å². The van der Waals surface area contributed by atoms with Crippen LogP contribution in [0.5, 0.6) is 0 Å². The van der Waals surface area contributed by atoms with Crippen molar-refractivity contribution in [1.29, 1.82) is 0 Å². The minimum absolute atomic E-state index is 0. The average molecular weight is 318 g/mol. The van der Waals surface area contributed by atoms with Gasteiger partial charge in [-0.2, -0.15) is 0 Å². The van der Waals surface area contributed by atoms with Crippen molar-refractivity contribution in [3.05, 3.63) is 16.1 Å². The molecule has 0 spiro atoms. The molecule has 0 saturated carbocycles. The number of aromatic nitrogens is 1. The summed E-state index contributed by atoms with van der Waals surface area (Å²) in [5.41, 5.74) is 5.17. The molecule has 0 atom stereocenters. The van der Waals surface area contributed by atoms with Crippen LogP contribution in [-0.4, -0.2) is 34.8 Å². The number of piperidine rings is 1. The molecule has 112 valence electrons. The summed E-state index contributed by atoms with van der Waals surface area (Å²) in [6, 6.07) is 0. The smallest absolute Gasteiger partial charge is 0.260 e. The molecule has 7 heteroatoms. The number of amides is 2. The van der Waals surface area contributed by atoms with E-state index < -0.39 is 5.91 Å². The van der Waals surface area contributed by atoms with Crippen LogP contribution in [0.1, 0.15) is 46.8 Å². The Morgan fingerprint density at radius 3 is 2.60 bits per heavy atom. The number of primary amides is 1. The molecule has 0 unspecified atom stereocenters. The zero-order valence-corrected chi connectivity index (χ0v) is 13.0. The summed E-state index contributed by atoms with van der Waals surface area (Å²) >= 11 is 1.32. The second-order valence-corrected chi connectivity index (χ2v) is 5.89. The number of thiazole rings is 1. The standard InChI is InChI=1S/C13H19N3O2S.ClH/c14-13(18)10-9-15-11(19-10)5-4-6-12(17)16-7-2-1-3-8-16;/h9H,1-8H2,(H2,14,18);1H. The summed E-state index contributed by atoms with van der Waals surface area (Å²) in [4.78, 5) is 29.5. The number of carbonyl (C=O) groups is 2. The lowest BCUT2D eigenvalue weighted by Gasteiger charge is -2.26. The molecule has 0 aliphatic carbocycles. The number of carbonyl (C=O) groups excluding carboxylic acids is 2. The summed E-state index contributed by atoms with van der Waals surface area (Å²) < 4.78 is 0. The van der Waals surface area contributed by atoms with Crippen molar-refractivity contribution in [3.63, 3.8) is 0 Å². The molecular formula is C13H20ClN3O2S. The highest BCUT2D eigenvalue weighted by atomic mass is 35.5. The van der Waals surface area contributed by atoms with Gasteiger partial charge in [-0.1, -0.05) is 0 Å². The summed E-state index contributed by atoms with van der Waals surface area (Å²) in [6.45, 7) is 1.81. The molecule has 2 amide bonds. The van der Waals surface area contributed by atoms with Gasteiger partial charge in [0.15, 0.2) is 0 Å². The number of nitrogens with two attached hydrogens (primary N) is 1. The minimum Gasteiger partial charge on any atom is -0.365 e. The minimum atomic E-state index is -0.437. The van der Waals surface area contributed by atoms with E-state index in [0.29, 0.717) is 11.3 Å². The van der Waals surface area contributed by atoms with E-state index in [2.05, 4.69) is 4.98 Å². The maximum atomic E-state index is 11.9. The van der Waals surface area contributed by atoms with Gasteiger partial charge in [0.25, 0.3) is 5.91 Å². The Balaban J connectivity index is 0.00000200. The molecule has 1 aliphatic heterocycles. The van der Waals surface area contributed by atoms with Crippen molar-refractivity contribution in [3.8, 4) is 0 Å². The van der Waals surface area contributed by atoms with E-state index in [1.54, 1.807) is 0 Å². The fraction of sp³-hybridized carbons (Fsp3) is 0.615. The first kappa shape index (κ1) is 16.9. The Hall–Kier alpha value is -1.14. The third-order valence-electron chi connectivity index (χ3n) is 3.29. The third-order valence-corrected chi connectivity index (χ3v) is 4.36. The quantitative estimate of drug-likeness (QED) is 0.902. The Morgan fingerprint density at radius 1 is 1.30 bits per heavy atom. The van der Waals surface area contributed by atoms with Gasteiger partial charge in [0.1, 0.15) is 4.88 Å². The second-order valence-electron chi connectivity index (χ2n) is 4.78. The Bertz CT molecular complexity index is 458. The molecule has 1 saturated heterocycles. The van der Waals surface area contributed by atoms with Crippen LogP contribution in [0.15, 0.2) is 6.20 Å². The van der Waals surface area contributed by atoms with E-state index >= 15 is 0 Å². The molecule has 0 aromatic carbocycles. The van der Waals surface area contributed by atoms with Crippen LogP contribution in [0.25, 0.3) is 0 Å². The number of nitrogens with zero attached hydrogens (tertiary/aromatic N) is 2. The van der Waals surface area contributed by atoms with Crippen LogP contribution in [0, 0.1) is 0 Å². The fourth-order valence-corrected chi connectivity index (χ4v) is 3.04. The van der Waals surface area contributed by atoms with Crippen molar-refractivity contribution < 1.29 is 9.59 Å². The first-order valence-corrected chi connectivity index (χ1v) is 7.51. The molecule has 1 fully saturated rings. The zero-order valence-electron chi connectivity index (χ0n) is 11.3. The van der Waals surface area contributed by atoms with Gasteiger partial charge >= 0.3 is 0 Å². The normalized spacial score (nSPS) is 14.7. The lowest BCUT2D eigenvalue weighted by atomic mass is 10.1.